The highest BCUT2D eigenvalue weighted by Crippen LogP contribution is 2.30. The number of pyridine rings is 1. The average molecular weight is 446 g/mol. The zero-order valence-electron chi connectivity index (χ0n) is 18.2. The van der Waals surface area contributed by atoms with Gasteiger partial charge in [-0.3, -0.25) is 4.79 Å². The van der Waals surface area contributed by atoms with Crippen molar-refractivity contribution in [1.82, 2.24) is 0 Å². The molecule has 9 heteroatoms. The fraction of sp³-hybridized carbons (Fsp3) is 0.364. The molecule has 0 spiro atoms. The van der Waals surface area contributed by atoms with Gasteiger partial charge in [-0.25, -0.2) is 0 Å². The molecule has 1 aromatic heterocycles. The lowest BCUT2D eigenvalue weighted by Gasteiger charge is -2.23. The van der Waals surface area contributed by atoms with Gasteiger partial charge >= 0.3 is 5.69 Å². The van der Waals surface area contributed by atoms with Gasteiger partial charge in [0.15, 0.2) is 6.20 Å². The number of phenols is 1. The van der Waals surface area contributed by atoms with E-state index < -0.39 is 28.2 Å². The standard InChI is InChI=1S/C22H24ClN3O5/c1-21(2,3)20(25-31-22(4,5)6)30-17-8-7-9-26(29)18(17)19(28)14-10-13(12-24)15(23)11-16(14)27/h7-11,27H,1-6H3. The monoisotopic (exact) mass is 445 g/mol. The van der Waals surface area contributed by atoms with E-state index in [9.17, 15) is 20.4 Å². The third-order valence-electron chi connectivity index (χ3n) is 3.84. The number of halogens is 1. The molecule has 0 aliphatic rings. The highest BCUT2D eigenvalue weighted by Gasteiger charge is 2.31. The summed E-state index contributed by atoms with van der Waals surface area (Å²) in [5.41, 5.74) is -1.88. The number of phenolic OH excluding ortho intramolecular Hbond substituents is 1. The molecule has 0 aliphatic carbocycles. The predicted octanol–water partition coefficient (Wildman–Crippen LogP) is 4.34. The Labute approximate surface area is 185 Å². The Morgan fingerprint density at radius 2 is 1.90 bits per heavy atom. The quantitative estimate of drug-likeness (QED) is 0.187. The van der Waals surface area contributed by atoms with E-state index in [1.807, 2.05) is 47.6 Å². The van der Waals surface area contributed by atoms with E-state index in [1.54, 1.807) is 0 Å². The van der Waals surface area contributed by atoms with Crippen LogP contribution in [0.3, 0.4) is 0 Å². The van der Waals surface area contributed by atoms with Gasteiger partial charge < -0.3 is 19.9 Å². The number of aromatic nitrogens is 1. The van der Waals surface area contributed by atoms with Gasteiger partial charge in [0.2, 0.25) is 11.6 Å². The van der Waals surface area contributed by atoms with Gasteiger partial charge in [0.25, 0.3) is 5.78 Å². The van der Waals surface area contributed by atoms with Crippen LogP contribution in [0.1, 0.15) is 63.2 Å². The molecule has 0 saturated carbocycles. The first kappa shape index (κ1) is 24.0. The molecule has 164 valence electrons. The summed E-state index contributed by atoms with van der Waals surface area (Å²) in [6, 6.07) is 6.87. The Morgan fingerprint density at radius 1 is 1.26 bits per heavy atom. The molecule has 2 rings (SSSR count). The number of hydrogen-bond donors (Lipinski definition) is 1. The van der Waals surface area contributed by atoms with Crippen LogP contribution in [0.25, 0.3) is 0 Å². The average Bonchev–Trinajstić information content (AvgIpc) is 2.63. The highest BCUT2D eigenvalue weighted by molar-refractivity contribution is 6.32. The van der Waals surface area contributed by atoms with E-state index in [0.717, 1.165) is 18.3 Å². The molecule has 0 saturated heterocycles. The van der Waals surface area contributed by atoms with Gasteiger partial charge in [-0.2, -0.15) is 9.99 Å². The van der Waals surface area contributed by atoms with E-state index in [2.05, 4.69) is 5.16 Å². The first-order valence-electron chi connectivity index (χ1n) is 9.38. The zero-order valence-corrected chi connectivity index (χ0v) is 18.9. The zero-order chi connectivity index (χ0) is 23.6. The molecule has 2 aromatic rings. The Morgan fingerprint density at radius 3 is 2.45 bits per heavy atom. The van der Waals surface area contributed by atoms with E-state index in [-0.39, 0.29) is 27.8 Å². The number of nitriles is 1. The van der Waals surface area contributed by atoms with Gasteiger partial charge in [-0.05, 0) is 32.9 Å². The lowest BCUT2D eigenvalue weighted by Crippen LogP contribution is -2.37. The number of carbonyl (C=O) groups excluding carboxylic acids is 1. The molecule has 1 heterocycles. The minimum absolute atomic E-state index is 0.0161. The highest BCUT2D eigenvalue weighted by atomic mass is 35.5. The van der Waals surface area contributed by atoms with Crippen molar-refractivity contribution >= 4 is 23.3 Å². The molecule has 0 amide bonds. The van der Waals surface area contributed by atoms with Crippen LogP contribution in [0.5, 0.6) is 11.5 Å². The number of hydrogen-bond acceptors (Lipinski definition) is 7. The van der Waals surface area contributed by atoms with Gasteiger partial charge in [0.05, 0.1) is 16.1 Å². The largest absolute Gasteiger partial charge is 0.618 e. The molecule has 0 aliphatic heterocycles. The van der Waals surface area contributed by atoms with Crippen molar-refractivity contribution < 1.29 is 24.2 Å². The minimum Gasteiger partial charge on any atom is -0.618 e. The maximum atomic E-state index is 13.2. The third kappa shape index (κ3) is 5.86. The number of rotatable bonds is 4. The number of aromatic hydroxyl groups is 1. The fourth-order valence-electron chi connectivity index (χ4n) is 2.31. The smallest absolute Gasteiger partial charge is 0.308 e. The number of ketones is 1. The lowest BCUT2D eigenvalue weighted by molar-refractivity contribution is -0.607. The summed E-state index contributed by atoms with van der Waals surface area (Å²) >= 11 is 5.89. The number of nitrogens with zero attached hydrogens (tertiary/aromatic N) is 3. The number of oxime groups is 1. The van der Waals surface area contributed by atoms with Crippen LogP contribution in [0, 0.1) is 22.0 Å². The van der Waals surface area contributed by atoms with Crippen LogP contribution >= 0.6 is 11.6 Å². The van der Waals surface area contributed by atoms with E-state index >= 15 is 0 Å². The summed E-state index contributed by atoms with van der Waals surface area (Å²) in [5.74, 6) is -1.26. The summed E-state index contributed by atoms with van der Waals surface area (Å²) in [6.07, 6.45) is 1.12. The van der Waals surface area contributed by atoms with Crippen LogP contribution in [0.2, 0.25) is 5.02 Å². The van der Waals surface area contributed by atoms with Crippen LogP contribution < -0.4 is 9.47 Å². The number of carbonyl (C=O) groups is 1. The molecule has 1 aromatic carbocycles. The second-order valence-electron chi connectivity index (χ2n) is 8.79. The van der Waals surface area contributed by atoms with Gasteiger partial charge in [-0.15, -0.1) is 0 Å². The molecule has 31 heavy (non-hydrogen) atoms. The molecular weight excluding hydrogens is 422 g/mol. The molecule has 0 unspecified atom stereocenters. The third-order valence-corrected chi connectivity index (χ3v) is 4.15. The van der Waals surface area contributed by atoms with Crippen molar-refractivity contribution in [1.29, 1.82) is 5.26 Å². The van der Waals surface area contributed by atoms with Crippen molar-refractivity contribution in [3.63, 3.8) is 0 Å². The Bertz CT molecular complexity index is 1080. The second-order valence-corrected chi connectivity index (χ2v) is 9.20. The fourth-order valence-corrected chi connectivity index (χ4v) is 2.51. The molecule has 0 radical (unpaired) electrons. The first-order chi connectivity index (χ1) is 14.2. The first-order valence-corrected chi connectivity index (χ1v) is 9.76. The van der Waals surface area contributed by atoms with Crippen LogP contribution in [-0.4, -0.2) is 22.4 Å². The molecule has 0 fully saturated rings. The van der Waals surface area contributed by atoms with Gasteiger partial charge in [-0.1, -0.05) is 37.5 Å². The summed E-state index contributed by atoms with van der Waals surface area (Å²) in [5, 5.41) is 36.0. The topological polar surface area (TPSA) is 119 Å². The van der Waals surface area contributed by atoms with Crippen molar-refractivity contribution in [3.8, 4) is 17.6 Å². The van der Waals surface area contributed by atoms with Crippen LogP contribution in [0.15, 0.2) is 35.6 Å². The van der Waals surface area contributed by atoms with E-state index in [4.69, 9.17) is 21.2 Å². The molecule has 0 bridgehead atoms. The van der Waals surface area contributed by atoms with Crippen molar-refractivity contribution in [2.24, 2.45) is 10.6 Å². The summed E-state index contributed by atoms with van der Waals surface area (Å²) in [6.45, 7) is 10.9. The maximum absolute atomic E-state index is 13.2. The predicted molar refractivity (Wildman–Crippen MR) is 115 cm³/mol. The number of ether oxygens (including phenoxy) is 1. The van der Waals surface area contributed by atoms with E-state index in [1.165, 1.54) is 12.1 Å². The molecule has 0 atom stereocenters. The number of benzene rings is 1. The summed E-state index contributed by atoms with van der Waals surface area (Å²) in [7, 11) is 0. The van der Waals surface area contributed by atoms with Crippen molar-refractivity contribution in [2.45, 2.75) is 47.1 Å². The Kier molecular flexibility index (Phi) is 6.82. The van der Waals surface area contributed by atoms with Crippen molar-refractivity contribution in [2.75, 3.05) is 0 Å². The Balaban J connectivity index is 2.58. The van der Waals surface area contributed by atoms with E-state index in [0.29, 0.717) is 4.73 Å². The maximum Gasteiger partial charge on any atom is 0.308 e. The van der Waals surface area contributed by atoms with Gasteiger partial charge in [0, 0.05) is 17.5 Å². The van der Waals surface area contributed by atoms with Crippen LogP contribution in [0.4, 0.5) is 0 Å². The normalized spacial score (nSPS) is 12.3. The SMILES string of the molecule is CC(C)(C)ON=C(Oc1ccc[n+]([O-])c1C(=O)c1cc(C#N)c(Cl)cc1O)C(C)(C)C. The minimum atomic E-state index is -0.846. The second kappa shape index (κ2) is 8.82. The summed E-state index contributed by atoms with van der Waals surface area (Å²) in [4.78, 5) is 18.6. The molecule has 1 N–H and O–H groups in total. The summed E-state index contributed by atoms with van der Waals surface area (Å²) < 4.78 is 6.18. The Hall–Kier alpha value is -3.31. The van der Waals surface area contributed by atoms with Crippen LogP contribution in [-0.2, 0) is 4.84 Å². The molecule has 8 nitrogen and oxygen atoms in total. The molecular formula is C22H24ClN3O5. The van der Waals surface area contributed by atoms with Crippen molar-refractivity contribution in [3.05, 3.63) is 57.5 Å². The van der Waals surface area contributed by atoms with Gasteiger partial charge in [0.1, 0.15) is 17.4 Å². The lowest BCUT2D eigenvalue weighted by atomic mass is 9.96.